The molecule has 0 aromatic heterocycles. The first-order chi connectivity index (χ1) is 7.74. The van der Waals surface area contributed by atoms with Crippen molar-refractivity contribution in [1.29, 1.82) is 0 Å². The monoisotopic (exact) mass is 218 g/mol. The fraction of sp³-hybridized carbons (Fsp3) is 0.385. The molecule has 0 heterocycles. The lowest BCUT2D eigenvalue weighted by Gasteiger charge is -2.01. The Hall–Kier alpha value is -1.64. The Balaban J connectivity index is 2.46. The Bertz CT molecular complexity index is 357. The molecule has 0 spiro atoms. The first-order valence-corrected chi connectivity index (χ1v) is 5.62. The van der Waals surface area contributed by atoms with Crippen LogP contribution in [0.2, 0.25) is 0 Å². The Labute approximate surface area is 96.6 Å². The van der Waals surface area contributed by atoms with Crippen LogP contribution in [0.15, 0.2) is 35.4 Å². The Morgan fingerprint density at radius 3 is 2.62 bits per heavy atom. The van der Waals surface area contributed by atoms with Crippen LogP contribution >= 0.6 is 0 Å². The van der Waals surface area contributed by atoms with Gasteiger partial charge in [-0.25, -0.2) is 5.43 Å². The highest BCUT2D eigenvalue weighted by molar-refractivity contribution is 5.95. The van der Waals surface area contributed by atoms with Gasteiger partial charge in [-0.1, -0.05) is 31.5 Å². The summed E-state index contributed by atoms with van der Waals surface area (Å²) in [5.74, 6) is -0.156. The Morgan fingerprint density at radius 1 is 1.31 bits per heavy atom. The standard InChI is InChI=1S/C13H18N2O/c1-3-4-8-11(2)14-15-13(16)12-9-6-5-7-10-12/h5-7,9-10H,3-4,8H2,1-2H3,(H,15,16). The molecule has 16 heavy (non-hydrogen) atoms. The zero-order valence-electron chi connectivity index (χ0n) is 9.86. The van der Waals surface area contributed by atoms with Gasteiger partial charge < -0.3 is 0 Å². The predicted octanol–water partition coefficient (Wildman–Crippen LogP) is 2.98. The number of carbonyl (C=O) groups is 1. The number of unbranched alkanes of at least 4 members (excludes halogenated alkanes) is 1. The molecule has 1 aromatic rings. The summed E-state index contributed by atoms with van der Waals surface area (Å²) in [7, 11) is 0. The molecule has 0 aliphatic carbocycles. The van der Waals surface area contributed by atoms with E-state index in [2.05, 4.69) is 17.5 Å². The summed E-state index contributed by atoms with van der Waals surface area (Å²) in [5, 5.41) is 4.06. The molecular weight excluding hydrogens is 200 g/mol. The minimum absolute atomic E-state index is 0.156. The topological polar surface area (TPSA) is 41.5 Å². The normalized spacial score (nSPS) is 11.2. The molecule has 0 aliphatic heterocycles. The molecule has 0 atom stereocenters. The van der Waals surface area contributed by atoms with E-state index in [1.54, 1.807) is 12.1 Å². The molecule has 0 unspecified atom stereocenters. The van der Waals surface area contributed by atoms with Crippen molar-refractivity contribution in [1.82, 2.24) is 5.43 Å². The van der Waals surface area contributed by atoms with Crippen molar-refractivity contribution in [3.05, 3.63) is 35.9 Å². The van der Waals surface area contributed by atoms with E-state index < -0.39 is 0 Å². The number of benzene rings is 1. The summed E-state index contributed by atoms with van der Waals surface area (Å²) in [5.41, 5.74) is 4.15. The average Bonchev–Trinajstić information content (AvgIpc) is 2.34. The van der Waals surface area contributed by atoms with Gasteiger partial charge in [0, 0.05) is 11.3 Å². The second kappa shape index (κ2) is 6.77. The molecule has 0 radical (unpaired) electrons. The van der Waals surface area contributed by atoms with Gasteiger partial charge in [-0.15, -0.1) is 0 Å². The first-order valence-electron chi connectivity index (χ1n) is 5.62. The number of hydrogen-bond donors (Lipinski definition) is 1. The third-order valence-corrected chi connectivity index (χ3v) is 2.28. The van der Waals surface area contributed by atoms with E-state index in [1.165, 1.54) is 0 Å². The lowest BCUT2D eigenvalue weighted by Crippen LogP contribution is -2.18. The number of nitrogens with zero attached hydrogens (tertiary/aromatic N) is 1. The van der Waals surface area contributed by atoms with Crippen molar-refractivity contribution in [3.63, 3.8) is 0 Å². The second-order valence-electron chi connectivity index (χ2n) is 3.76. The van der Waals surface area contributed by atoms with Crippen LogP contribution < -0.4 is 5.43 Å². The summed E-state index contributed by atoms with van der Waals surface area (Å²) in [6.07, 6.45) is 3.18. The third-order valence-electron chi connectivity index (χ3n) is 2.28. The maximum atomic E-state index is 11.6. The van der Waals surface area contributed by atoms with E-state index in [4.69, 9.17) is 0 Å². The number of rotatable bonds is 5. The summed E-state index contributed by atoms with van der Waals surface area (Å²) in [6, 6.07) is 9.09. The second-order valence-corrected chi connectivity index (χ2v) is 3.76. The number of nitrogens with one attached hydrogen (secondary N) is 1. The maximum absolute atomic E-state index is 11.6. The van der Waals surface area contributed by atoms with Crippen LogP contribution in [0.4, 0.5) is 0 Å². The molecule has 3 heteroatoms. The van der Waals surface area contributed by atoms with Crippen LogP contribution in [0, 0.1) is 0 Å². The Morgan fingerprint density at radius 2 is 2.00 bits per heavy atom. The molecule has 1 N–H and O–H groups in total. The van der Waals surface area contributed by atoms with Gasteiger partial charge in [0.2, 0.25) is 0 Å². The van der Waals surface area contributed by atoms with Crippen LogP contribution in [0.25, 0.3) is 0 Å². The van der Waals surface area contributed by atoms with Crippen LogP contribution in [0.3, 0.4) is 0 Å². The predicted molar refractivity (Wildman–Crippen MR) is 66.5 cm³/mol. The highest BCUT2D eigenvalue weighted by Crippen LogP contribution is 1.99. The lowest BCUT2D eigenvalue weighted by atomic mass is 10.2. The number of carbonyl (C=O) groups excluding carboxylic acids is 1. The van der Waals surface area contributed by atoms with Gasteiger partial charge in [-0.05, 0) is 31.9 Å². The van der Waals surface area contributed by atoms with E-state index in [-0.39, 0.29) is 5.91 Å². The van der Waals surface area contributed by atoms with Gasteiger partial charge in [-0.3, -0.25) is 4.79 Å². The van der Waals surface area contributed by atoms with Crippen molar-refractivity contribution >= 4 is 11.6 Å². The van der Waals surface area contributed by atoms with E-state index in [0.717, 1.165) is 25.0 Å². The van der Waals surface area contributed by atoms with E-state index in [9.17, 15) is 4.79 Å². The van der Waals surface area contributed by atoms with Gasteiger partial charge in [0.05, 0.1) is 0 Å². The van der Waals surface area contributed by atoms with Crippen LogP contribution in [-0.4, -0.2) is 11.6 Å². The van der Waals surface area contributed by atoms with Crippen molar-refractivity contribution < 1.29 is 4.79 Å². The zero-order chi connectivity index (χ0) is 11.8. The largest absolute Gasteiger partial charge is 0.271 e. The highest BCUT2D eigenvalue weighted by Gasteiger charge is 2.02. The van der Waals surface area contributed by atoms with Crippen molar-refractivity contribution in [2.45, 2.75) is 33.1 Å². The van der Waals surface area contributed by atoms with Crippen molar-refractivity contribution in [2.75, 3.05) is 0 Å². The van der Waals surface area contributed by atoms with Gasteiger partial charge in [0.25, 0.3) is 5.91 Å². The molecule has 1 rings (SSSR count). The quantitative estimate of drug-likeness (QED) is 0.599. The molecule has 0 fully saturated rings. The van der Waals surface area contributed by atoms with Crippen LogP contribution in [0.5, 0.6) is 0 Å². The summed E-state index contributed by atoms with van der Waals surface area (Å²) in [4.78, 5) is 11.6. The minimum Gasteiger partial charge on any atom is -0.267 e. The molecule has 0 aliphatic rings. The molecule has 1 aromatic carbocycles. The molecule has 1 amide bonds. The Kier molecular flexibility index (Phi) is 5.26. The fourth-order valence-corrected chi connectivity index (χ4v) is 1.29. The average molecular weight is 218 g/mol. The smallest absolute Gasteiger partial charge is 0.267 e. The van der Waals surface area contributed by atoms with Gasteiger partial charge in [0.15, 0.2) is 0 Å². The highest BCUT2D eigenvalue weighted by atomic mass is 16.2. The first kappa shape index (κ1) is 12.4. The number of hydrazone groups is 1. The number of amides is 1. The van der Waals surface area contributed by atoms with E-state index in [0.29, 0.717) is 5.56 Å². The van der Waals surface area contributed by atoms with Crippen molar-refractivity contribution in [3.8, 4) is 0 Å². The van der Waals surface area contributed by atoms with Crippen molar-refractivity contribution in [2.24, 2.45) is 5.10 Å². The molecular formula is C13H18N2O. The summed E-state index contributed by atoms with van der Waals surface area (Å²) >= 11 is 0. The van der Waals surface area contributed by atoms with Gasteiger partial charge >= 0.3 is 0 Å². The summed E-state index contributed by atoms with van der Waals surface area (Å²) in [6.45, 7) is 4.07. The lowest BCUT2D eigenvalue weighted by molar-refractivity contribution is 0.0954. The number of hydrogen-bond acceptors (Lipinski definition) is 2. The minimum atomic E-state index is -0.156. The van der Waals surface area contributed by atoms with Crippen LogP contribution in [-0.2, 0) is 0 Å². The molecule has 3 nitrogen and oxygen atoms in total. The maximum Gasteiger partial charge on any atom is 0.271 e. The zero-order valence-corrected chi connectivity index (χ0v) is 9.86. The van der Waals surface area contributed by atoms with E-state index in [1.807, 2.05) is 25.1 Å². The molecule has 86 valence electrons. The van der Waals surface area contributed by atoms with E-state index >= 15 is 0 Å². The van der Waals surface area contributed by atoms with Gasteiger partial charge in [-0.2, -0.15) is 5.10 Å². The fourth-order valence-electron chi connectivity index (χ4n) is 1.29. The van der Waals surface area contributed by atoms with Crippen LogP contribution in [0.1, 0.15) is 43.5 Å². The third kappa shape index (κ3) is 4.26. The molecule has 0 saturated carbocycles. The van der Waals surface area contributed by atoms with Gasteiger partial charge in [0.1, 0.15) is 0 Å². The molecule has 0 bridgehead atoms. The summed E-state index contributed by atoms with van der Waals surface area (Å²) < 4.78 is 0. The molecule has 0 saturated heterocycles. The SMILES string of the molecule is CCCCC(C)=NNC(=O)c1ccccc1.